The third-order valence-electron chi connectivity index (χ3n) is 1.76. The van der Waals surface area contributed by atoms with E-state index in [1.54, 1.807) is 4.90 Å². The molecular formula is C10H21NO3. The molecule has 0 spiro atoms. The van der Waals surface area contributed by atoms with Gasteiger partial charge in [0.15, 0.2) is 0 Å². The number of nitrogens with zero attached hydrogens (tertiary/aromatic N) is 1. The van der Waals surface area contributed by atoms with Crippen LogP contribution in [0.4, 0.5) is 4.79 Å². The van der Waals surface area contributed by atoms with Crippen LogP contribution in [0.5, 0.6) is 0 Å². The van der Waals surface area contributed by atoms with Crippen LogP contribution in [0.2, 0.25) is 0 Å². The summed E-state index contributed by atoms with van der Waals surface area (Å²) in [5.41, 5.74) is -0.361. The van der Waals surface area contributed by atoms with E-state index in [-0.39, 0.29) is 11.7 Å². The lowest BCUT2D eigenvalue weighted by atomic mass is 10.2. The molecule has 1 aliphatic rings. The lowest BCUT2D eigenvalue weighted by Crippen LogP contribution is -2.34. The minimum absolute atomic E-state index is 0.167. The van der Waals surface area contributed by atoms with Crippen molar-refractivity contribution in [2.45, 2.75) is 39.2 Å². The van der Waals surface area contributed by atoms with Crippen molar-refractivity contribution in [3.05, 3.63) is 0 Å². The molecule has 0 bridgehead atoms. The fourth-order valence-corrected chi connectivity index (χ4v) is 1.23. The van der Waals surface area contributed by atoms with E-state index in [1.807, 2.05) is 20.8 Å². The largest absolute Gasteiger partial charge is 0.444 e. The molecule has 0 aromatic heterocycles. The van der Waals surface area contributed by atoms with E-state index >= 15 is 0 Å². The van der Waals surface area contributed by atoms with Gasteiger partial charge in [-0.05, 0) is 33.6 Å². The summed E-state index contributed by atoms with van der Waals surface area (Å²) in [5, 5.41) is 7.00. The SMILES string of the molecule is CC(C)(C)OC(=O)N1CCCC1.CO. The highest BCUT2D eigenvalue weighted by Crippen LogP contribution is 2.14. The smallest absolute Gasteiger partial charge is 0.410 e. The molecule has 1 aliphatic heterocycles. The number of aliphatic hydroxyl groups is 1. The standard InChI is InChI=1S/C9H17NO2.CH4O/c1-9(2,3)12-8(11)10-6-4-5-7-10;1-2/h4-7H2,1-3H3;2H,1H3. The highest BCUT2D eigenvalue weighted by molar-refractivity contribution is 5.68. The molecule has 0 aliphatic carbocycles. The van der Waals surface area contributed by atoms with Gasteiger partial charge in [-0.1, -0.05) is 0 Å². The van der Waals surface area contributed by atoms with Crippen LogP contribution in [-0.2, 0) is 4.74 Å². The Bertz CT molecular complexity index is 169. The van der Waals surface area contributed by atoms with E-state index < -0.39 is 0 Å². The monoisotopic (exact) mass is 203 g/mol. The van der Waals surface area contributed by atoms with Gasteiger partial charge >= 0.3 is 6.09 Å². The minimum Gasteiger partial charge on any atom is -0.444 e. The predicted octanol–water partition coefficient (Wildman–Crippen LogP) is 1.63. The quantitative estimate of drug-likeness (QED) is 0.651. The molecule has 0 aromatic carbocycles. The van der Waals surface area contributed by atoms with Gasteiger partial charge in [0, 0.05) is 20.2 Å². The number of likely N-dealkylation sites (tertiary alicyclic amines) is 1. The van der Waals surface area contributed by atoms with Gasteiger partial charge in [0.2, 0.25) is 0 Å². The van der Waals surface area contributed by atoms with E-state index in [0.29, 0.717) is 0 Å². The Morgan fingerprint density at radius 2 is 1.64 bits per heavy atom. The molecule has 1 heterocycles. The zero-order chi connectivity index (χ0) is 11.2. The van der Waals surface area contributed by atoms with Crippen molar-refractivity contribution < 1.29 is 14.6 Å². The minimum atomic E-state index is -0.361. The van der Waals surface area contributed by atoms with Gasteiger partial charge in [0.25, 0.3) is 0 Å². The number of carbonyl (C=O) groups is 1. The van der Waals surface area contributed by atoms with Crippen molar-refractivity contribution in [1.82, 2.24) is 4.90 Å². The summed E-state index contributed by atoms with van der Waals surface area (Å²) in [6.07, 6.45) is 2.05. The normalized spacial score (nSPS) is 15.9. The Labute approximate surface area is 85.9 Å². The molecule has 1 fully saturated rings. The Morgan fingerprint density at radius 1 is 1.21 bits per heavy atom. The average Bonchev–Trinajstić information content (AvgIpc) is 2.56. The third-order valence-corrected chi connectivity index (χ3v) is 1.76. The number of ether oxygens (including phenoxy) is 1. The Balaban J connectivity index is 0.000000791. The molecule has 0 radical (unpaired) electrons. The highest BCUT2D eigenvalue weighted by atomic mass is 16.6. The summed E-state index contributed by atoms with van der Waals surface area (Å²) in [4.78, 5) is 13.1. The fourth-order valence-electron chi connectivity index (χ4n) is 1.23. The van der Waals surface area contributed by atoms with Crippen molar-refractivity contribution in [2.24, 2.45) is 0 Å². The molecule has 4 nitrogen and oxygen atoms in total. The number of carbonyl (C=O) groups excluding carboxylic acids is 1. The predicted molar refractivity (Wildman–Crippen MR) is 55.2 cm³/mol. The van der Waals surface area contributed by atoms with Crippen LogP contribution in [0.25, 0.3) is 0 Å². The van der Waals surface area contributed by atoms with E-state index in [2.05, 4.69) is 0 Å². The van der Waals surface area contributed by atoms with Crippen LogP contribution < -0.4 is 0 Å². The van der Waals surface area contributed by atoms with E-state index in [0.717, 1.165) is 33.0 Å². The second kappa shape index (κ2) is 5.86. The van der Waals surface area contributed by atoms with Gasteiger partial charge in [-0.25, -0.2) is 4.79 Å². The van der Waals surface area contributed by atoms with Crippen molar-refractivity contribution in [3.63, 3.8) is 0 Å². The number of rotatable bonds is 0. The zero-order valence-corrected chi connectivity index (χ0v) is 9.54. The molecule has 0 unspecified atom stereocenters. The number of hydrogen-bond donors (Lipinski definition) is 1. The first kappa shape index (κ1) is 13.2. The van der Waals surface area contributed by atoms with Crippen molar-refractivity contribution >= 4 is 6.09 Å². The summed E-state index contributed by atoms with van der Waals surface area (Å²) in [5.74, 6) is 0. The van der Waals surface area contributed by atoms with E-state index in [1.165, 1.54) is 0 Å². The zero-order valence-electron chi connectivity index (χ0n) is 9.54. The fraction of sp³-hybridized carbons (Fsp3) is 0.900. The number of amides is 1. The summed E-state index contributed by atoms with van der Waals surface area (Å²) in [6.45, 7) is 7.38. The Morgan fingerprint density at radius 3 is 2.00 bits per heavy atom. The highest BCUT2D eigenvalue weighted by Gasteiger charge is 2.23. The van der Waals surface area contributed by atoms with Crippen LogP contribution in [0.1, 0.15) is 33.6 Å². The first-order valence-electron chi connectivity index (χ1n) is 4.92. The van der Waals surface area contributed by atoms with E-state index in [4.69, 9.17) is 9.84 Å². The number of hydrogen-bond acceptors (Lipinski definition) is 3. The van der Waals surface area contributed by atoms with Gasteiger partial charge in [-0.2, -0.15) is 0 Å². The molecule has 1 N–H and O–H groups in total. The molecule has 0 aromatic rings. The Kier molecular flexibility index (Phi) is 5.53. The van der Waals surface area contributed by atoms with E-state index in [9.17, 15) is 4.79 Å². The van der Waals surface area contributed by atoms with Crippen LogP contribution in [0.15, 0.2) is 0 Å². The first-order chi connectivity index (χ1) is 6.49. The summed E-state index contributed by atoms with van der Waals surface area (Å²) in [7, 11) is 1.00. The molecule has 0 saturated carbocycles. The molecule has 1 saturated heterocycles. The van der Waals surface area contributed by atoms with Gasteiger partial charge in [-0.15, -0.1) is 0 Å². The maximum atomic E-state index is 11.4. The van der Waals surface area contributed by atoms with Gasteiger partial charge in [0.1, 0.15) is 5.60 Å². The lowest BCUT2D eigenvalue weighted by molar-refractivity contribution is 0.0295. The number of aliphatic hydroxyl groups excluding tert-OH is 1. The molecule has 14 heavy (non-hydrogen) atoms. The summed E-state index contributed by atoms with van der Waals surface area (Å²) < 4.78 is 5.21. The molecule has 0 atom stereocenters. The topological polar surface area (TPSA) is 49.8 Å². The average molecular weight is 203 g/mol. The van der Waals surface area contributed by atoms with Gasteiger partial charge in [-0.3, -0.25) is 0 Å². The maximum Gasteiger partial charge on any atom is 0.410 e. The Hall–Kier alpha value is -0.770. The summed E-state index contributed by atoms with van der Waals surface area (Å²) >= 11 is 0. The summed E-state index contributed by atoms with van der Waals surface area (Å²) in [6, 6.07) is 0. The maximum absolute atomic E-state index is 11.4. The van der Waals surface area contributed by atoms with Crippen LogP contribution in [0.3, 0.4) is 0 Å². The molecule has 4 heteroatoms. The molecule has 84 valence electrons. The first-order valence-corrected chi connectivity index (χ1v) is 4.92. The molecular weight excluding hydrogens is 182 g/mol. The second-order valence-electron chi connectivity index (χ2n) is 4.17. The van der Waals surface area contributed by atoms with Gasteiger partial charge < -0.3 is 14.7 Å². The second-order valence-corrected chi connectivity index (χ2v) is 4.17. The van der Waals surface area contributed by atoms with Crippen molar-refractivity contribution in [3.8, 4) is 0 Å². The van der Waals surface area contributed by atoms with Crippen molar-refractivity contribution in [1.29, 1.82) is 0 Å². The van der Waals surface area contributed by atoms with Crippen molar-refractivity contribution in [2.75, 3.05) is 20.2 Å². The van der Waals surface area contributed by atoms with Crippen LogP contribution >= 0.6 is 0 Å². The lowest BCUT2D eigenvalue weighted by Gasteiger charge is -2.23. The van der Waals surface area contributed by atoms with Crippen LogP contribution in [0, 0.1) is 0 Å². The van der Waals surface area contributed by atoms with Gasteiger partial charge in [0.05, 0.1) is 0 Å². The third kappa shape index (κ3) is 5.07. The molecule has 1 rings (SSSR count). The molecule has 1 amide bonds. The van der Waals surface area contributed by atoms with Crippen LogP contribution in [-0.4, -0.2) is 41.9 Å².